The summed E-state index contributed by atoms with van der Waals surface area (Å²) in [4.78, 5) is 14.8. The maximum absolute atomic E-state index is 12.5. The fraction of sp³-hybridized carbons (Fsp3) is 0.231. The molecule has 3 N–H and O–H groups in total. The molecule has 0 radical (unpaired) electrons. The Kier molecular flexibility index (Phi) is 5.85. The number of aromatic nitrogens is 3. The van der Waals surface area contributed by atoms with Gasteiger partial charge in [0.2, 0.25) is 5.88 Å². The van der Waals surface area contributed by atoms with E-state index in [1.165, 1.54) is 6.07 Å². The van der Waals surface area contributed by atoms with Gasteiger partial charge in [-0.25, -0.2) is 4.98 Å². The van der Waals surface area contributed by atoms with Crippen molar-refractivity contribution in [1.82, 2.24) is 15.2 Å². The lowest BCUT2D eigenvalue weighted by Gasteiger charge is -2.11. The third-order valence-electron chi connectivity index (χ3n) is 2.80. The van der Waals surface area contributed by atoms with Crippen LogP contribution in [0.25, 0.3) is 0 Å². The summed E-state index contributed by atoms with van der Waals surface area (Å²) in [7, 11) is 0. The van der Waals surface area contributed by atoms with Crippen LogP contribution < -0.4 is 15.8 Å². The van der Waals surface area contributed by atoms with Gasteiger partial charge in [-0.3, -0.25) is 4.79 Å². The van der Waals surface area contributed by atoms with Crippen molar-refractivity contribution in [3.05, 3.63) is 39.6 Å². The van der Waals surface area contributed by atoms with Crippen molar-refractivity contribution in [3.8, 4) is 5.88 Å². The average Bonchev–Trinajstić information content (AvgIpc) is 2.52. The first-order valence-corrected chi connectivity index (χ1v) is 7.36. The summed E-state index contributed by atoms with van der Waals surface area (Å²) < 4.78 is 42.7. The van der Waals surface area contributed by atoms with Crippen LogP contribution in [0.2, 0.25) is 10.2 Å². The number of pyridine rings is 1. The molecule has 1 amide bonds. The molecule has 0 bridgehead atoms. The van der Waals surface area contributed by atoms with Gasteiger partial charge in [0.25, 0.3) is 5.91 Å². The number of carbonyl (C=O) groups excluding carboxylic acids is 1. The number of amides is 1. The lowest BCUT2D eigenvalue weighted by Crippen LogP contribution is -2.19. The molecule has 2 rings (SSSR count). The molecule has 7 nitrogen and oxygen atoms in total. The van der Waals surface area contributed by atoms with E-state index in [0.717, 1.165) is 0 Å². The number of nitrogens with two attached hydrogens (primary N) is 1. The number of primary amides is 1. The van der Waals surface area contributed by atoms with Gasteiger partial charge in [-0.1, -0.05) is 23.2 Å². The monoisotopic (exact) mass is 395 g/mol. The van der Waals surface area contributed by atoms with Crippen LogP contribution in [-0.4, -0.2) is 34.2 Å². The fourth-order valence-corrected chi connectivity index (χ4v) is 2.06. The predicted molar refractivity (Wildman–Crippen MR) is 83.8 cm³/mol. The number of nitrogens with one attached hydrogen (secondary N) is 1. The van der Waals surface area contributed by atoms with Crippen molar-refractivity contribution in [3.63, 3.8) is 0 Å². The van der Waals surface area contributed by atoms with Crippen molar-refractivity contribution in [2.45, 2.75) is 6.18 Å². The molecule has 0 aromatic carbocycles. The van der Waals surface area contributed by atoms with E-state index in [1.54, 1.807) is 0 Å². The second-order valence-corrected chi connectivity index (χ2v) is 5.37. The third-order valence-corrected chi connectivity index (χ3v) is 3.25. The molecule has 0 unspecified atom stereocenters. The van der Waals surface area contributed by atoms with Gasteiger partial charge in [0, 0.05) is 6.20 Å². The normalized spacial score (nSPS) is 11.2. The van der Waals surface area contributed by atoms with Crippen molar-refractivity contribution in [1.29, 1.82) is 0 Å². The lowest BCUT2D eigenvalue weighted by molar-refractivity contribution is -0.137. The van der Waals surface area contributed by atoms with Gasteiger partial charge in [0.1, 0.15) is 11.6 Å². The molecule has 0 aliphatic heterocycles. The summed E-state index contributed by atoms with van der Waals surface area (Å²) in [5.74, 6) is -0.826. The van der Waals surface area contributed by atoms with E-state index in [2.05, 4.69) is 20.5 Å². The standard InChI is InChI=1S/C13H10Cl2F3N5O2/c14-8-3-6(13(16,17)18)5-21-12(8)25-2-1-20-11-7(10(19)24)4-9(15)22-23-11/h3-5H,1-2H2,(H2,19,24)(H,20,23). The number of anilines is 1. The highest BCUT2D eigenvalue weighted by molar-refractivity contribution is 6.31. The van der Waals surface area contributed by atoms with Crippen molar-refractivity contribution >= 4 is 34.9 Å². The Morgan fingerprint density at radius 3 is 2.60 bits per heavy atom. The topological polar surface area (TPSA) is 103 Å². The molecule has 2 aromatic rings. The number of rotatable bonds is 6. The summed E-state index contributed by atoms with van der Waals surface area (Å²) in [5.41, 5.74) is 4.24. The minimum Gasteiger partial charge on any atom is -0.475 e. The summed E-state index contributed by atoms with van der Waals surface area (Å²) in [6.07, 6.45) is -3.93. The number of alkyl halides is 3. The Hall–Kier alpha value is -2.33. The Morgan fingerprint density at radius 2 is 2.00 bits per heavy atom. The molecule has 25 heavy (non-hydrogen) atoms. The summed E-state index contributed by atoms with van der Waals surface area (Å²) in [5, 5.41) is 9.71. The minimum atomic E-state index is -4.55. The number of nitrogens with zero attached hydrogens (tertiary/aromatic N) is 3. The molecule has 0 atom stereocenters. The van der Waals surface area contributed by atoms with E-state index >= 15 is 0 Å². The van der Waals surface area contributed by atoms with Gasteiger partial charge >= 0.3 is 6.18 Å². The zero-order chi connectivity index (χ0) is 18.6. The molecular weight excluding hydrogens is 386 g/mol. The van der Waals surface area contributed by atoms with E-state index in [4.69, 9.17) is 33.7 Å². The van der Waals surface area contributed by atoms with E-state index < -0.39 is 17.6 Å². The van der Waals surface area contributed by atoms with Crippen LogP contribution in [0.3, 0.4) is 0 Å². The van der Waals surface area contributed by atoms with Crippen LogP contribution in [0, 0.1) is 0 Å². The molecule has 0 aliphatic rings. The Morgan fingerprint density at radius 1 is 1.28 bits per heavy atom. The van der Waals surface area contributed by atoms with Gasteiger partial charge in [-0.15, -0.1) is 10.2 Å². The quantitative estimate of drug-likeness (QED) is 0.728. The zero-order valence-electron chi connectivity index (χ0n) is 12.3. The maximum atomic E-state index is 12.5. The highest BCUT2D eigenvalue weighted by atomic mass is 35.5. The largest absolute Gasteiger partial charge is 0.475 e. The Balaban J connectivity index is 1.95. The van der Waals surface area contributed by atoms with Crippen molar-refractivity contribution in [2.75, 3.05) is 18.5 Å². The first-order chi connectivity index (χ1) is 11.7. The molecule has 2 aromatic heterocycles. The predicted octanol–water partition coefficient (Wildman–Crippen LogP) is 2.79. The Bertz CT molecular complexity index is 789. The van der Waals surface area contributed by atoms with Crippen LogP contribution in [0.4, 0.5) is 19.0 Å². The molecule has 2 heterocycles. The van der Waals surface area contributed by atoms with Gasteiger partial charge in [-0.2, -0.15) is 13.2 Å². The van der Waals surface area contributed by atoms with Gasteiger partial charge in [-0.05, 0) is 12.1 Å². The Labute approximate surface area is 149 Å². The molecule has 0 saturated heterocycles. The van der Waals surface area contributed by atoms with Crippen LogP contribution in [0.1, 0.15) is 15.9 Å². The van der Waals surface area contributed by atoms with Gasteiger partial charge < -0.3 is 15.8 Å². The van der Waals surface area contributed by atoms with E-state index in [1.807, 2.05) is 0 Å². The second-order valence-electron chi connectivity index (χ2n) is 4.58. The molecule has 0 saturated carbocycles. The summed E-state index contributed by atoms with van der Waals surface area (Å²) in [6, 6.07) is 1.96. The maximum Gasteiger partial charge on any atom is 0.417 e. The molecular formula is C13H10Cl2F3N5O2. The average molecular weight is 396 g/mol. The molecule has 0 aliphatic carbocycles. The molecule has 0 fully saturated rings. The van der Waals surface area contributed by atoms with Crippen LogP contribution >= 0.6 is 23.2 Å². The van der Waals surface area contributed by atoms with Gasteiger partial charge in [0.15, 0.2) is 11.0 Å². The minimum absolute atomic E-state index is 0.00339. The number of hydrogen-bond donors (Lipinski definition) is 2. The SMILES string of the molecule is NC(=O)c1cc(Cl)nnc1NCCOc1ncc(C(F)(F)F)cc1Cl. The summed E-state index contributed by atoms with van der Waals surface area (Å²) in [6.45, 7) is 0.0935. The number of carbonyl (C=O) groups is 1. The van der Waals surface area contributed by atoms with E-state index in [0.29, 0.717) is 12.3 Å². The number of hydrogen-bond acceptors (Lipinski definition) is 6. The first-order valence-electron chi connectivity index (χ1n) is 6.61. The van der Waals surface area contributed by atoms with Crippen molar-refractivity contribution in [2.24, 2.45) is 5.73 Å². The zero-order valence-corrected chi connectivity index (χ0v) is 13.8. The lowest BCUT2D eigenvalue weighted by atomic mass is 10.2. The highest BCUT2D eigenvalue weighted by Crippen LogP contribution is 2.33. The summed E-state index contributed by atoms with van der Waals surface area (Å²) >= 11 is 11.3. The van der Waals surface area contributed by atoms with Crippen molar-refractivity contribution < 1.29 is 22.7 Å². The van der Waals surface area contributed by atoms with Gasteiger partial charge in [0.05, 0.1) is 17.7 Å². The van der Waals surface area contributed by atoms with E-state index in [-0.39, 0.29) is 40.6 Å². The first kappa shape index (κ1) is 19.0. The van der Waals surface area contributed by atoms with Crippen LogP contribution in [0.5, 0.6) is 5.88 Å². The highest BCUT2D eigenvalue weighted by Gasteiger charge is 2.31. The molecule has 134 valence electrons. The molecule has 0 spiro atoms. The number of ether oxygens (including phenoxy) is 1. The third kappa shape index (κ3) is 5.07. The van der Waals surface area contributed by atoms with Crippen LogP contribution in [0.15, 0.2) is 18.3 Å². The number of halogens is 5. The fourth-order valence-electron chi connectivity index (χ4n) is 1.69. The molecule has 12 heteroatoms. The van der Waals surface area contributed by atoms with Crippen LogP contribution in [-0.2, 0) is 6.18 Å². The van der Waals surface area contributed by atoms with E-state index in [9.17, 15) is 18.0 Å². The smallest absolute Gasteiger partial charge is 0.417 e. The second kappa shape index (κ2) is 7.70.